The van der Waals surface area contributed by atoms with Crippen molar-refractivity contribution in [1.29, 1.82) is 0 Å². The first-order valence-electron chi connectivity index (χ1n) is 4.68. The molecule has 1 fully saturated rings. The average molecular weight is 191 g/mol. The molecular weight excluding hydrogens is 182 g/mol. The molecule has 1 aromatic carbocycles. The quantitative estimate of drug-likeness (QED) is 0.387. The van der Waals surface area contributed by atoms with Crippen molar-refractivity contribution >= 4 is 5.69 Å². The molecule has 0 unspecified atom stereocenters. The van der Waals surface area contributed by atoms with E-state index < -0.39 is 0 Å². The van der Waals surface area contributed by atoms with Crippen LogP contribution in [0.1, 0.15) is 23.7 Å². The van der Waals surface area contributed by atoms with Crippen molar-refractivity contribution in [2.24, 2.45) is 0 Å². The van der Waals surface area contributed by atoms with Crippen molar-refractivity contribution in [2.45, 2.75) is 25.0 Å². The lowest BCUT2D eigenvalue weighted by molar-refractivity contribution is -0.384. The molecular formula is C10H9NO3. The minimum atomic E-state index is -0.355. The molecule has 1 aromatic rings. The van der Waals surface area contributed by atoms with Crippen LogP contribution in [0.5, 0.6) is 0 Å². The molecule has 14 heavy (non-hydrogen) atoms. The maximum atomic E-state index is 10.6. The molecule has 0 aromatic heterocycles. The first-order valence-corrected chi connectivity index (χ1v) is 4.68. The Morgan fingerprint density at radius 2 is 2.36 bits per heavy atom. The Morgan fingerprint density at radius 1 is 1.50 bits per heavy atom. The molecule has 1 saturated heterocycles. The van der Waals surface area contributed by atoms with Crippen LogP contribution in [0, 0.1) is 10.1 Å². The number of rotatable bonds is 1. The first kappa shape index (κ1) is 7.94. The highest BCUT2D eigenvalue weighted by Gasteiger charge is 2.44. The zero-order valence-corrected chi connectivity index (χ0v) is 7.47. The largest absolute Gasteiger partial charge is 0.364 e. The van der Waals surface area contributed by atoms with E-state index in [4.69, 9.17) is 4.74 Å². The van der Waals surface area contributed by atoms with Crippen molar-refractivity contribution in [3.8, 4) is 0 Å². The molecule has 0 amide bonds. The van der Waals surface area contributed by atoms with E-state index in [1.165, 1.54) is 5.56 Å². The van der Waals surface area contributed by atoms with Gasteiger partial charge in [0.2, 0.25) is 0 Å². The third kappa shape index (κ3) is 1.04. The van der Waals surface area contributed by atoms with E-state index in [-0.39, 0.29) is 16.7 Å². The lowest BCUT2D eigenvalue weighted by Gasteiger charge is -2.10. The summed E-state index contributed by atoms with van der Waals surface area (Å²) in [5, 5.41) is 10.6. The van der Waals surface area contributed by atoms with Gasteiger partial charge in [0, 0.05) is 12.1 Å². The zero-order valence-electron chi connectivity index (χ0n) is 7.47. The van der Waals surface area contributed by atoms with Crippen LogP contribution in [0.3, 0.4) is 0 Å². The third-order valence-corrected chi connectivity index (χ3v) is 2.93. The van der Waals surface area contributed by atoms with Crippen molar-refractivity contribution in [3.63, 3.8) is 0 Å². The maximum absolute atomic E-state index is 10.6. The van der Waals surface area contributed by atoms with Gasteiger partial charge >= 0.3 is 0 Å². The molecule has 0 radical (unpaired) electrons. The van der Waals surface area contributed by atoms with E-state index in [1.54, 1.807) is 12.1 Å². The SMILES string of the molecule is O=[N+]([O-])c1ccc2c(c1)[C@@H]1O[C@@H]1CC2. The van der Waals surface area contributed by atoms with E-state index in [0.29, 0.717) is 6.10 Å². The molecule has 3 rings (SSSR count). The number of nitro benzene ring substituents is 1. The number of hydrogen-bond acceptors (Lipinski definition) is 3. The number of ether oxygens (including phenoxy) is 1. The van der Waals surface area contributed by atoms with E-state index in [9.17, 15) is 10.1 Å². The Morgan fingerprint density at radius 3 is 3.14 bits per heavy atom. The highest BCUT2D eigenvalue weighted by atomic mass is 16.6. The molecule has 0 bridgehead atoms. The van der Waals surface area contributed by atoms with Gasteiger partial charge in [-0.2, -0.15) is 0 Å². The van der Waals surface area contributed by atoms with Gasteiger partial charge in [0.05, 0.1) is 11.0 Å². The van der Waals surface area contributed by atoms with Crippen molar-refractivity contribution in [3.05, 3.63) is 39.4 Å². The lowest BCUT2D eigenvalue weighted by Crippen LogP contribution is -2.04. The van der Waals surface area contributed by atoms with Gasteiger partial charge in [0.15, 0.2) is 0 Å². The maximum Gasteiger partial charge on any atom is 0.269 e. The average Bonchev–Trinajstić information content (AvgIpc) is 2.95. The highest BCUT2D eigenvalue weighted by Crippen LogP contribution is 2.47. The number of benzene rings is 1. The highest BCUT2D eigenvalue weighted by molar-refractivity contribution is 5.44. The van der Waals surface area contributed by atoms with Gasteiger partial charge in [-0.1, -0.05) is 6.07 Å². The first-order chi connectivity index (χ1) is 6.75. The Bertz CT molecular complexity index is 416. The van der Waals surface area contributed by atoms with Crippen LogP contribution in [0.2, 0.25) is 0 Å². The Kier molecular flexibility index (Phi) is 1.44. The summed E-state index contributed by atoms with van der Waals surface area (Å²) >= 11 is 0. The molecule has 4 nitrogen and oxygen atoms in total. The van der Waals surface area contributed by atoms with Crippen LogP contribution in [-0.2, 0) is 11.2 Å². The van der Waals surface area contributed by atoms with Crippen LogP contribution in [0.25, 0.3) is 0 Å². The molecule has 0 spiro atoms. The van der Waals surface area contributed by atoms with Crippen LogP contribution in [-0.4, -0.2) is 11.0 Å². The molecule has 0 saturated carbocycles. The standard InChI is InChI=1S/C10H9NO3/c12-11(13)7-3-1-6-2-4-9-10(14-9)8(6)5-7/h1,3,5,9-10H,2,4H2/t9-,10+/m1/s1. The second kappa shape index (κ2) is 2.54. The summed E-state index contributed by atoms with van der Waals surface area (Å²) in [7, 11) is 0. The minimum Gasteiger partial charge on any atom is -0.364 e. The summed E-state index contributed by atoms with van der Waals surface area (Å²) in [5.74, 6) is 0. The van der Waals surface area contributed by atoms with Gasteiger partial charge in [-0.05, 0) is 24.0 Å². The van der Waals surface area contributed by atoms with Crippen LogP contribution in [0.4, 0.5) is 5.69 Å². The smallest absolute Gasteiger partial charge is 0.269 e. The predicted molar refractivity (Wildman–Crippen MR) is 49.0 cm³/mol. The van der Waals surface area contributed by atoms with E-state index in [1.807, 2.05) is 6.07 Å². The molecule has 1 aliphatic heterocycles. The van der Waals surface area contributed by atoms with Gasteiger partial charge in [0.1, 0.15) is 6.10 Å². The van der Waals surface area contributed by atoms with Crippen LogP contribution < -0.4 is 0 Å². The molecule has 4 heteroatoms. The van der Waals surface area contributed by atoms with Gasteiger partial charge in [0.25, 0.3) is 5.69 Å². The van der Waals surface area contributed by atoms with Crippen molar-refractivity contribution < 1.29 is 9.66 Å². The van der Waals surface area contributed by atoms with E-state index >= 15 is 0 Å². The fourth-order valence-electron chi connectivity index (χ4n) is 2.12. The number of nitro groups is 1. The zero-order chi connectivity index (χ0) is 9.71. The number of nitrogens with zero attached hydrogens (tertiary/aromatic N) is 1. The molecule has 1 heterocycles. The summed E-state index contributed by atoms with van der Waals surface area (Å²) < 4.78 is 5.42. The topological polar surface area (TPSA) is 55.7 Å². The lowest BCUT2D eigenvalue weighted by atomic mass is 9.91. The van der Waals surface area contributed by atoms with Gasteiger partial charge < -0.3 is 4.74 Å². The van der Waals surface area contributed by atoms with Crippen molar-refractivity contribution in [1.82, 2.24) is 0 Å². The molecule has 72 valence electrons. The summed E-state index contributed by atoms with van der Waals surface area (Å²) in [6, 6.07) is 5.08. The third-order valence-electron chi connectivity index (χ3n) is 2.93. The monoisotopic (exact) mass is 191 g/mol. The summed E-state index contributed by atoms with van der Waals surface area (Å²) in [6.45, 7) is 0. The van der Waals surface area contributed by atoms with Crippen LogP contribution >= 0.6 is 0 Å². The fraction of sp³-hybridized carbons (Fsp3) is 0.400. The second-order valence-corrected chi connectivity index (χ2v) is 3.77. The molecule has 2 aliphatic rings. The Labute approximate surface area is 80.6 Å². The molecule has 1 aliphatic carbocycles. The summed E-state index contributed by atoms with van der Waals surface area (Å²) in [6.07, 6.45) is 2.49. The van der Waals surface area contributed by atoms with E-state index in [0.717, 1.165) is 18.4 Å². The molecule has 2 atom stereocenters. The Hall–Kier alpha value is -1.42. The fourth-order valence-corrected chi connectivity index (χ4v) is 2.12. The van der Waals surface area contributed by atoms with Crippen molar-refractivity contribution in [2.75, 3.05) is 0 Å². The predicted octanol–water partition coefficient (Wildman–Crippen LogP) is 1.98. The number of fused-ring (bicyclic) bond motifs is 3. The number of epoxide rings is 1. The van der Waals surface area contributed by atoms with Gasteiger partial charge in [-0.15, -0.1) is 0 Å². The number of aryl methyl sites for hydroxylation is 1. The number of non-ortho nitro benzene ring substituents is 1. The van der Waals surface area contributed by atoms with Gasteiger partial charge in [-0.3, -0.25) is 10.1 Å². The summed E-state index contributed by atoms with van der Waals surface area (Å²) in [5.41, 5.74) is 2.39. The van der Waals surface area contributed by atoms with Crippen LogP contribution in [0.15, 0.2) is 18.2 Å². The second-order valence-electron chi connectivity index (χ2n) is 3.77. The van der Waals surface area contributed by atoms with Gasteiger partial charge in [-0.25, -0.2) is 0 Å². The number of hydrogen-bond donors (Lipinski definition) is 0. The Balaban J connectivity index is 2.08. The van der Waals surface area contributed by atoms with E-state index in [2.05, 4.69) is 0 Å². The normalized spacial score (nSPS) is 27.7. The minimum absolute atomic E-state index is 0.138. The summed E-state index contributed by atoms with van der Waals surface area (Å²) in [4.78, 5) is 10.2. The molecule has 0 N–H and O–H groups in total.